The second-order valence-corrected chi connectivity index (χ2v) is 12.6. The third-order valence-electron chi connectivity index (χ3n) is 7.35. The van der Waals surface area contributed by atoms with E-state index in [2.05, 4.69) is 89.4 Å². The number of hydrogen-bond acceptors (Lipinski definition) is 2. The summed E-state index contributed by atoms with van der Waals surface area (Å²) in [5, 5.41) is 0. The van der Waals surface area contributed by atoms with E-state index in [0.29, 0.717) is 0 Å². The maximum Gasteiger partial charge on any atom is -0.358 e. The van der Waals surface area contributed by atoms with Crippen LogP contribution in [0, 0.1) is 14.0 Å². The molecule has 4 heteroatoms. The Labute approximate surface area is 244 Å². The molecule has 0 saturated carbocycles. The Balaban J connectivity index is 0.000000309. The molecule has 0 unspecified atom stereocenters. The summed E-state index contributed by atoms with van der Waals surface area (Å²) in [6.45, 7) is 17.2. The van der Waals surface area contributed by atoms with Gasteiger partial charge in [-0.25, -0.2) is 6.54 Å². The summed E-state index contributed by atoms with van der Waals surface area (Å²) >= 11 is -0.181. The van der Waals surface area contributed by atoms with Crippen LogP contribution in [0.5, 0.6) is 5.75 Å². The van der Waals surface area contributed by atoms with Crippen LogP contribution in [0.4, 0.5) is 0 Å². The van der Waals surface area contributed by atoms with Crippen LogP contribution >= 0.6 is 9.69 Å². The topological polar surface area (TPSA) is 12.5 Å². The molecule has 0 N–H and O–H groups in total. The van der Waals surface area contributed by atoms with Gasteiger partial charge in [0, 0.05) is 11.2 Å². The molecule has 1 fully saturated rings. The van der Waals surface area contributed by atoms with Crippen LogP contribution in [-0.4, -0.2) is 21.7 Å². The fourth-order valence-corrected chi connectivity index (χ4v) is 6.76. The molecule has 1 aliphatic heterocycles. The molecule has 1 atom stereocenters. The Morgan fingerprint density at radius 1 is 1.00 bits per heavy atom. The van der Waals surface area contributed by atoms with Gasteiger partial charge in [-0.05, 0) is 57.1 Å². The van der Waals surface area contributed by atoms with Crippen molar-refractivity contribution in [2.45, 2.75) is 91.0 Å². The zero-order valence-corrected chi connectivity index (χ0v) is 27.0. The smallest absolute Gasteiger partial charge is 0.358 e. The number of allylic oxidation sites excluding steroid dienone is 3. The van der Waals surface area contributed by atoms with Crippen LogP contribution in [0.15, 0.2) is 77.5 Å². The van der Waals surface area contributed by atoms with Gasteiger partial charge >= 0.3 is 90.3 Å². The van der Waals surface area contributed by atoms with E-state index in [4.69, 9.17) is 14.4 Å². The van der Waals surface area contributed by atoms with Gasteiger partial charge in [0.15, 0.2) is 0 Å². The van der Waals surface area contributed by atoms with Gasteiger partial charge < -0.3 is 12.3 Å². The van der Waals surface area contributed by atoms with Crippen molar-refractivity contribution in [3.05, 3.63) is 103 Å². The summed E-state index contributed by atoms with van der Waals surface area (Å²) < 4.78 is 7.60. The van der Waals surface area contributed by atoms with E-state index >= 15 is 0 Å². The molecule has 1 aliphatic carbocycles. The SMILES string of the molecule is CCC1=CCCC(CC)=C1N1[CH-][C@](C)(c2ccccc2)CC1(C)C.CCCOc1ccccc1[CH]=[Ru][Cl].[CH3-]. The summed E-state index contributed by atoms with van der Waals surface area (Å²) in [7, 11) is 5.72. The Morgan fingerprint density at radius 3 is 2.32 bits per heavy atom. The molecule has 0 radical (unpaired) electrons. The first kappa shape index (κ1) is 32.5. The van der Waals surface area contributed by atoms with Crippen LogP contribution in [-0.2, 0) is 21.1 Å². The van der Waals surface area contributed by atoms with Gasteiger partial charge in [0.1, 0.15) is 0 Å². The normalized spacial score (nSPS) is 20.7. The number of para-hydroxylation sites is 1. The van der Waals surface area contributed by atoms with Crippen molar-refractivity contribution in [1.29, 1.82) is 0 Å². The van der Waals surface area contributed by atoms with E-state index < -0.39 is 0 Å². The first-order valence-electron chi connectivity index (χ1n) is 13.7. The Kier molecular flexibility index (Phi) is 13.0. The van der Waals surface area contributed by atoms with E-state index in [9.17, 15) is 0 Å². The molecule has 0 amide bonds. The fourth-order valence-electron chi connectivity index (χ4n) is 5.65. The second-order valence-electron chi connectivity index (χ2n) is 10.8. The van der Waals surface area contributed by atoms with Crippen LogP contribution in [0.3, 0.4) is 0 Å². The number of ether oxygens (including phenoxy) is 1. The van der Waals surface area contributed by atoms with Crippen LogP contribution < -0.4 is 4.74 Å². The molecule has 1 saturated heterocycles. The van der Waals surface area contributed by atoms with Crippen molar-refractivity contribution in [2.24, 2.45) is 0 Å². The van der Waals surface area contributed by atoms with Gasteiger partial charge in [0.05, 0.1) is 0 Å². The predicted molar refractivity (Wildman–Crippen MR) is 163 cm³/mol. The van der Waals surface area contributed by atoms with Gasteiger partial charge in [-0.15, -0.1) is 5.41 Å². The average Bonchev–Trinajstić information content (AvgIpc) is 3.17. The third-order valence-corrected chi connectivity index (χ3v) is 8.54. The summed E-state index contributed by atoms with van der Waals surface area (Å²) in [6.07, 6.45) is 9.37. The quantitative estimate of drug-likeness (QED) is 0.215. The summed E-state index contributed by atoms with van der Waals surface area (Å²) in [5.74, 6) is 0.944. The largest absolute Gasteiger partial charge is 0.358 e. The third kappa shape index (κ3) is 7.92. The Morgan fingerprint density at radius 2 is 1.68 bits per heavy atom. The standard InChI is InChI=1S/C23H32N.C10H12O.CH3.ClH.Ru/c1-6-18-12-11-13-19(7-2)21(18)24-17-23(5,16-22(24,3)4)20-14-9-8-10-15-20;1-3-8-11-10-7-5-4-6-9(10)2;;;/h8-10,12,14-15,17H,6-7,11,13,16H2,1-5H3;2,4-7H,3,8H2,1H3;1H3;1H;/q-1;;-1;;+1/p-1/t23-;;;;/m1..../s1. The minimum absolute atomic E-state index is 0. The van der Waals surface area contributed by atoms with E-state index in [1.165, 1.54) is 24.1 Å². The van der Waals surface area contributed by atoms with Crippen molar-refractivity contribution >= 4 is 14.3 Å². The van der Waals surface area contributed by atoms with Crippen molar-refractivity contribution in [2.75, 3.05) is 6.61 Å². The molecular formula is C34H47ClNORu-2. The van der Waals surface area contributed by atoms with Crippen molar-refractivity contribution in [1.82, 2.24) is 4.90 Å². The predicted octanol–water partition coefficient (Wildman–Crippen LogP) is 9.70. The molecule has 0 spiro atoms. The zero-order valence-electron chi connectivity index (χ0n) is 24.5. The van der Waals surface area contributed by atoms with Gasteiger partial charge in [0.2, 0.25) is 0 Å². The molecule has 0 bridgehead atoms. The summed E-state index contributed by atoms with van der Waals surface area (Å²) in [5.41, 5.74) is 7.49. The number of hydrogen-bond donors (Lipinski definition) is 0. The molecule has 1 heterocycles. The number of rotatable bonds is 8. The molecule has 0 aromatic heterocycles. The van der Waals surface area contributed by atoms with E-state index in [1.807, 2.05) is 28.9 Å². The molecule has 2 aromatic carbocycles. The molecule has 2 nitrogen and oxygen atoms in total. The molecule has 211 valence electrons. The van der Waals surface area contributed by atoms with E-state index in [0.717, 1.165) is 43.6 Å². The number of nitrogens with zero attached hydrogens (tertiary/aromatic N) is 1. The Hall–Kier alpha value is -1.70. The van der Waals surface area contributed by atoms with Crippen LogP contribution in [0.2, 0.25) is 0 Å². The van der Waals surface area contributed by atoms with E-state index in [1.54, 1.807) is 11.1 Å². The van der Waals surface area contributed by atoms with Gasteiger partial charge in [-0.2, -0.15) is 0 Å². The van der Waals surface area contributed by atoms with Crippen molar-refractivity contribution in [3.63, 3.8) is 0 Å². The number of likely N-dealkylation sites (tertiary alicyclic amines) is 1. The number of halogens is 1. The van der Waals surface area contributed by atoms with Gasteiger partial charge in [-0.1, -0.05) is 62.7 Å². The fraction of sp³-hybridized carbons (Fsp3) is 0.441. The van der Waals surface area contributed by atoms with Gasteiger partial charge in [-0.3, -0.25) is 0 Å². The van der Waals surface area contributed by atoms with Crippen molar-refractivity contribution < 1.29 is 20.4 Å². The monoisotopic (exact) mass is 622 g/mol. The minimum Gasteiger partial charge on any atom is -0.358 e. The van der Waals surface area contributed by atoms with Gasteiger partial charge in [0.25, 0.3) is 0 Å². The van der Waals surface area contributed by atoms with Crippen LogP contribution in [0.25, 0.3) is 0 Å². The minimum atomic E-state index is -0.181. The Bertz CT molecular complexity index is 1100. The average molecular weight is 622 g/mol. The first-order chi connectivity index (χ1) is 17.8. The summed E-state index contributed by atoms with van der Waals surface area (Å²) in [6, 6.07) is 19.0. The molecular weight excluding hydrogens is 575 g/mol. The zero-order chi connectivity index (χ0) is 26.9. The maximum atomic E-state index is 5.72. The summed E-state index contributed by atoms with van der Waals surface area (Å²) in [4.78, 5) is 2.62. The first-order valence-corrected chi connectivity index (χ1v) is 16.9. The number of benzene rings is 2. The molecule has 38 heavy (non-hydrogen) atoms. The molecule has 2 aromatic rings. The molecule has 2 aliphatic rings. The maximum absolute atomic E-state index is 5.72. The second kappa shape index (κ2) is 15.2. The van der Waals surface area contributed by atoms with Crippen LogP contribution in [0.1, 0.15) is 91.2 Å². The van der Waals surface area contributed by atoms with Crippen molar-refractivity contribution in [3.8, 4) is 5.75 Å². The van der Waals surface area contributed by atoms with E-state index in [-0.39, 0.29) is 34.1 Å². The molecule has 4 rings (SSSR count).